The molecule has 0 aromatic heterocycles. The molecule has 0 amide bonds. The lowest BCUT2D eigenvalue weighted by atomic mass is 9.93. The molecule has 3 nitrogen and oxygen atoms in total. The second kappa shape index (κ2) is 7.07. The zero-order valence-electron chi connectivity index (χ0n) is 10.4. The molecule has 1 N–H and O–H groups in total. The van der Waals surface area contributed by atoms with E-state index in [0.717, 1.165) is 12.0 Å². The SMILES string of the molecule is CC(CCOCc1ccccc1)C(C)C(=O)O. The first-order valence-corrected chi connectivity index (χ1v) is 5.95. The average Bonchev–Trinajstić information content (AvgIpc) is 2.34. The van der Waals surface area contributed by atoms with Crippen LogP contribution in [0, 0.1) is 11.8 Å². The van der Waals surface area contributed by atoms with Crippen molar-refractivity contribution in [2.75, 3.05) is 6.61 Å². The molecule has 2 unspecified atom stereocenters. The van der Waals surface area contributed by atoms with Crippen molar-refractivity contribution in [2.45, 2.75) is 26.9 Å². The van der Waals surface area contributed by atoms with Crippen LogP contribution in [0.2, 0.25) is 0 Å². The van der Waals surface area contributed by atoms with E-state index in [4.69, 9.17) is 9.84 Å². The summed E-state index contributed by atoms with van der Waals surface area (Å²) in [7, 11) is 0. The highest BCUT2D eigenvalue weighted by Gasteiger charge is 2.18. The molecule has 17 heavy (non-hydrogen) atoms. The summed E-state index contributed by atoms with van der Waals surface area (Å²) in [5, 5.41) is 8.85. The largest absolute Gasteiger partial charge is 0.481 e. The second-order valence-electron chi connectivity index (χ2n) is 4.43. The predicted molar refractivity (Wildman–Crippen MR) is 66.7 cm³/mol. The van der Waals surface area contributed by atoms with Crippen molar-refractivity contribution in [3.8, 4) is 0 Å². The minimum absolute atomic E-state index is 0.142. The number of rotatable bonds is 7. The van der Waals surface area contributed by atoms with E-state index in [9.17, 15) is 4.79 Å². The van der Waals surface area contributed by atoms with Gasteiger partial charge in [0.2, 0.25) is 0 Å². The Morgan fingerprint density at radius 1 is 1.29 bits per heavy atom. The number of carbonyl (C=O) groups is 1. The summed E-state index contributed by atoms with van der Waals surface area (Å²) in [6, 6.07) is 9.97. The number of aliphatic carboxylic acids is 1. The molecular formula is C14H20O3. The van der Waals surface area contributed by atoms with E-state index in [-0.39, 0.29) is 11.8 Å². The van der Waals surface area contributed by atoms with Crippen LogP contribution >= 0.6 is 0 Å². The smallest absolute Gasteiger partial charge is 0.306 e. The van der Waals surface area contributed by atoms with Crippen LogP contribution < -0.4 is 0 Å². The molecule has 3 heteroatoms. The Morgan fingerprint density at radius 3 is 2.53 bits per heavy atom. The molecule has 1 aromatic carbocycles. The second-order valence-corrected chi connectivity index (χ2v) is 4.43. The summed E-state index contributed by atoms with van der Waals surface area (Å²) in [6.45, 7) is 4.89. The fourth-order valence-electron chi connectivity index (χ4n) is 1.53. The molecule has 0 aliphatic heterocycles. The first-order valence-electron chi connectivity index (χ1n) is 5.95. The van der Waals surface area contributed by atoms with Gasteiger partial charge in [0.15, 0.2) is 0 Å². The Hall–Kier alpha value is -1.35. The van der Waals surface area contributed by atoms with E-state index in [1.807, 2.05) is 37.3 Å². The van der Waals surface area contributed by atoms with Gasteiger partial charge < -0.3 is 9.84 Å². The number of carboxylic acids is 1. The van der Waals surface area contributed by atoms with Crippen molar-refractivity contribution in [1.82, 2.24) is 0 Å². The summed E-state index contributed by atoms with van der Waals surface area (Å²) in [5.41, 5.74) is 1.14. The highest BCUT2D eigenvalue weighted by atomic mass is 16.5. The summed E-state index contributed by atoms with van der Waals surface area (Å²) < 4.78 is 5.53. The Bertz CT molecular complexity index is 335. The van der Waals surface area contributed by atoms with Gasteiger partial charge in [0, 0.05) is 6.61 Å². The molecule has 0 fully saturated rings. The molecule has 1 aromatic rings. The van der Waals surface area contributed by atoms with Gasteiger partial charge in [-0.3, -0.25) is 4.79 Å². The van der Waals surface area contributed by atoms with Crippen molar-refractivity contribution in [3.05, 3.63) is 35.9 Å². The quantitative estimate of drug-likeness (QED) is 0.740. The molecule has 0 bridgehead atoms. The highest BCUT2D eigenvalue weighted by molar-refractivity contribution is 5.69. The van der Waals surface area contributed by atoms with Crippen molar-refractivity contribution in [3.63, 3.8) is 0 Å². The monoisotopic (exact) mass is 236 g/mol. The standard InChI is InChI=1S/C14H20O3/c1-11(12(2)14(15)16)8-9-17-10-13-6-4-3-5-7-13/h3-7,11-12H,8-10H2,1-2H3,(H,15,16). The van der Waals surface area contributed by atoms with Gasteiger partial charge in [0.1, 0.15) is 0 Å². The lowest BCUT2D eigenvalue weighted by Crippen LogP contribution is -2.19. The van der Waals surface area contributed by atoms with Crippen LogP contribution in [0.1, 0.15) is 25.8 Å². The van der Waals surface area contributed by atoms with Gasteiger partial charge in [0.05, 0.1) is 12.5 Å². The molecule has 0 aliphatic rings. The molecule has 0 saturated carbocycles. The van der Waals surface area contributed by atoms with Gasteiger partial charge in [-0.05, 0) is 17.9 Å². The average molecular weight is 236 g/mol. The third-order valence-corrected chi connectivity index (χ3v) is 3.07. The molecule has 0 saturated heterocycles. The van der Waals surface area contributed by atoms with Gasteiger partial charge in [-0.25, -0.2) is 0 Å². The number of carboxylic acid groups (broad SMARTS) is 1. The van der Waals surface area contributed by atoms with Gasteiger partial charge in [-0.15, -0.1) is 0 Å². The maximum atomic E-state index is 10.8. The third-order valence-electron chi connectivity index (χ3n) is 3.07. The van der Waals surface area contributed by atoms with Gasteiger partial charge in [-0.2, -0.15) is 0 Å². The van der Waals surface area contributed by atoms with Crippen molar-refractivity contribution in [1.29, 1.82) is 0 Å². The minimum Gasteiger partial charge on any atom is -0.481 e. The lowest BCUT2D eigenvalue weighted by Gasteiger charge is -2.15. The molecule has 0 aliphatic carbocycles. The Kier molecular flexibility index (Phi) is 5.70. The van der Waals surface area contributed by atoms with Crippen LogP contribution in [-0.4, -0.2) is 17.7 Å². The number of benzene rings is 1. The van der Waals surface area contributed by atoms with Crippen LogP contribution in [0.25, 0.3) is 0 Å². The topological polar surface area (TPSA) is 46.5 Å². The van der Waals surface area contributed by atoms with E-state index < -0.39 is 5.97 Å². The number of ether oxygens (including phenoxy) is 1. The summed E-state index contributed by atoms with van der Waals surface area (Å²) in [4.78, 5) is 10.8. The summed E-state index contributed by atoms with van der Waals surface area (Å²) in [5.74, 6) is -0.904. The van der Waals surface area contributed by atoms with Crippen LogP contribution in [0.15, 0.2) is 30.3 Å². The summed E-state index contributed by atoms with van der Waals surface area (Å²) in [6.07, 6.45) is 0.778. The highest BCUT2D eigenvalue weighted by Crippen LogP contribution is 2.15. The molecule has 94 valence electrons. The lowest BCUT2D eigenvalue weighted by molar-refractivity contribution is -0.142. The van der Waals surface area contributed by atoms with Gasteiger partial charge in [-0.1, -0.05) is 44.2 Å². The minimum atomic E-state index is -0.736. The molecule has 0 radical (unpaired) electrons. The molecule has 2 atom stereocenters. The maximum Gasteiger partial charge on any atom is 0.306 e. The molecule has 1 rings (SSSR count). The van der Waals surface area contributed by atoms with E-state index in [2.05, 4.69) is 0 Å². The van der Waals surface area contributed by atoms with Crippen LogP contribution in [0.5, 0.6) is 0 Å². The zero-order valence-corrected chi connectivity index (χ0v) is 10.4. The Balaban J connectivity index is 2.18. The van der Waals surface area contributed by atoms with Crippen LogP contribution in [-0.2, 0) is 16.1 Å². The molecule has 0 heterocycles. The number of hydrogen-bond acceptors (Lipinski definition) is 2. The Labute approximate surface area is 102 Å². The fraction of sp³-hybridized carbons (Fsp3) is 0.500. The van der Waals surface area contributed by atoms with Crippen molar-refractivity contribution < 1.29 is 14.6 Å². The van der Waals surface area contributed by atoms with E-state index >= 15 is 0 Å². The first kappa shape index (κ1) is 13.7. The van der Waals surface area contributed by atoms with Crippen molar-refractivity contribution >= 4 is 5.97 Å². The predicted octanol–water partition coefficient (Wildman–Crippen LogP) is 2.95. The maximum absolute atomic E-state index is 10.8. The zero-order chi connectivity index (χ0) is 12.7. The van der Waals surface area contributed by atoms with E-state index in [1.54, 1.807) is 6.92 Å². The fourth-order valence-corrected chi connectivity index (χ4v) is 1.53. The van der Waals surface area contributed by atoms with Crippen LogP contribution in [0.3, 0.4) is 0 Å². The van der Waals surface area contributed by atoms with E-state index in [1.165, 1.54) is 0 Å². The van der Waals surface area contributed by atoms with Crippen molar-refractivity contribution in [2.24, 2.45) is 11.8 Å². The molecule has 0 spiro atoms. The number of hydrogen-bond donors (Lipinski definition) is 1. The summed E-state index contributed by atoms with van der Waals surface area (Å²) >= 11 is 0. The van der Waals surface area contributed by atoms with E-state index in [0.29, 0.717) is 13.2 Å². The van der Waals surface area contributed by atoms with Gasteiger partial charge >= 0.3 is 5.97 Å². The van der Waals surface area contributed by atoms with Gasteiger partial charge in [0.25, 0.3) is 0 Å². The normalized spacial score (nSPS) is 14.2. The third kappa shape index (κ3) is 5.00. The van der Waals surface area contributed by atoms with Crippen LogP contribution in [0.4, 0.5) is 0 Å². The first-order chi connectivity index (χ1) is 8.11. The Morgan fingerprint density at radius 2 is 1.94 bits per heavy atom. The molecular weight excluding hydrogens is 216 g/mol.